The summed E-state index contributed by atoms with van der Waals surface area (Å²) in [4.78, 5) is 13.9. The van der Waals surface area contributed by atoms with Gasteiger partial charge in [0, 0.05) is 25.2 Å². The lowest BCUT2D eigenvalue weighted by molar-refractivity contribution is -0.123. The Morgan fingerprint density at radius 1 is 1.37 bits per heavy atom. The molecule has 1 N–H and O–H groups in total. The van der Waals surface area contributed by atoms with Crippen LogP contribution in [0.4, 0.5) is 0 Å². The van der Waals surface area contributed by atoms with Crippen LogP contribution in [0.5, 0.6) is 5.75 Å². The van der Waals surface area contributed by atoms with Crippen molar-refractivity contribution in [3.05, 3.63) is 29.8 Å². The van der Waals surface area contributed by atoms with Gasteiger partial charge in [-0.05, 0) is 6.07 Å². The fraction of sp³-hybridized carbons (Fsp3) is 0.500. The Labute approximate surface area is 113 Å². The van der Waals surface area contributed by atoms with Crippen LogP contribution in [0.25, 0.3) is 0 Å². The Kier molecular flexibility index (Phi) is 5.18. The fourth-order valence-electron chi connectivity index (χ4n) is 2.06. The molecule has 0 radical (unpaired) electrons. The number of nitrogens with zero attached hydrogens (tertiary/aromatic N) is 1. The quantitative estimate of drug-likeness (QED) is 0.848. The van der Waals surface area contributed by atoms with Gasteiger partial charge in [-0.25, -0.2) is 0 Å². The SMILES string of the molecule is COc1ccccc1CNC(=O)CN1CCOCC1. The van der Waals surface area contributed by atoms with Crippen molar-refractivity contribution in [1.82, 2.24) is 10.2 Å². The van der Waals surface area contributed by atoms with Crippen molar-refractivity contribution < 1.29 is 14.3 Å². The number of carbonyl (C=O) groups is 1. The monoisotopic (exact) mass is 264 g/mol. The third kappa shape index (κ3) is 4.22. The molecule has 0 spiro atoms. The topological polar surface area (TPSA) is 50.8 Å². The van der Waals surface area contributed by atoms with Crippen molar-refractivity contribution in [2.24, 2.45) is 0 Å². The summed E-state index contributed by atoms with van der Waals surface area (Å²) in [6.07, 6.45) is 0. The van der Waals surface area contributed by atoms with Crippen molar-refractivity contribution >= 4 is 5.91 Å². The van der Waals surface area contributed by atoms with E-state index in [1.54, 1.807) is 7.11 Å². The Bertz CT molecular complexity index is 417. The van der Waals surface area contributed by atoms with Crippen LogP contribution < -0.4 is 10.1 Å². The van der Waals surface area contributed by atoms with Gasteiger partial charge in [0.2, 0.25) is 5.91 Å². The van der Waals surface area contributed by atoms with Crippen molar-refractivity contribution in [1.29, 1.82) is 0 Å². The van der Waals surface area contributed by atoms with Crippen LogP contribution in [0.15, 0.2) is 24.3 Å². The smallest absolute Gasteiger partial charge is 0.234 e. The number of hydrogen-bond donors (Lipinski definition) is 1. The van der Waals surface area contributed by atoms with Crippen molar-refractivity contribution in [3.8, 4) is 5.75 Å². The van der Waals surface area contributed by atoms with E-state index in [-0.39, 0.29) is 5.91 Å². The normalized spacial score (nSPS) is 16.1. The first-order valence-electron chi connectivity index (χ1n) is 6.48. The van der Waals surface area contributed by atoms with Crippen molar-refractivity contribution in [2.75, 3.05) is 40.0 Å². The molecule has 104 valence electrons. The van der Waals surface area contributed by atoms with Gasteiger partial charge in [0.25, 0.3) is 0 Å². The van der Waals surface area contributed by atoms with Gasteiger partial charge in [0.1, 0.15) is 5.75 Å². The van der Waals surface area contributed by atoms with Crippen LogP contribution >= 0.6 is 0 Å². The zero-order valence-corrected chi connectivity index (χ0v) is 11.2. The first kappa shape index (κ1) is 13.8. The summed E-state index contributed by atoms with van der Waals surface area (Å²) in [5.41, 5.74) is 0.986. The molecule has 0 atom stereocenters. The Balaban J connectivity index is 1.79. The van der Waals surface area contributed by atoms with Crippen LogP contribution in [0.3, 0.4) is 0 Å². The lowest BCUT2D eigenvalue weighted by atomic mass is 10.2. The maximum atomic E-state index is 11.8. The highest BCUT2D eigenvalue weighted by Gasteiger charge is 2.14. The zero-order valence-electron chi connectivity index (χ0n) is 11.2. The molecule has 1 fully saturated rings. The molecule has 5 nitrogen and oxygen atoms in total. The minimum Gasteiger partial charge on any atom is -0.496 e. The van der Waals surface area contributed by atoms with Gasteiger partial charge >= 0.3 is 0 Å². The first-order chi connectivity index (χ1) is 9.29. The lowest BCUT2D eigenvalue weighted by Crippen LogP contribution is -2.43. The van der Waals surface area contributed by atoms with E-state index in [2.05, 4.69) is 10.2 Å². The minimum absolute atomic E-state index is 0.0350. The summed E-state index contributed by atoms with van der Waals surface area (Å²) in [6.45, 7) is 3.98. The van der Waals surface area contributed by atoms with E-state index in [1.807, 2.05) is 24.3 Å². The summed E-state index contributed by atoms with van der Waals surface area (Å²) in [7, 11) is 1.63. The molecule has 1 aliphatic heterocycles. The predicted octanol–water partition coefficient (Wildman–Crippen LogP) is 0.644. The number of para-hydroxylation sites is 1. The summed E-state index contributed by atoms with van der Waals surface area (Å²) < 4.78 is 10.5. The largest absolute Gasteiger partial charge is 0.496 e. The molecular weight excluding hydrogens is 244 g/mol. The van der Waals surface area contributed by atoms with E-state index in [9.17, 15) is 4.79 Å². The number of methoxy groups -OCH3 is 1. The van der Waals surface area contributed by atoms with Gasteiger partial charge in [0.05, 0.1) is 26.9 Å². The number of rotatable bonds is 5. The number of nitrogens with one attached hydrogen (secondary N) is 1. The fourth-order valence-corrected chi connectivity index (χ4v) is 2.06. The number of benzene rings is 1. The van der Waals surface area contributed by atoms with Crippen molar-refractivity contribution in [2.45, 2.75) is 6.54 Å². The van der Waals surface area contributed by atoms with Crippen molar-refractivity contribution in [3.63, 3.8) is 0 Å². The van der Waals surface area contributed by atoms with E-state index in [0.29, 0.717) is 26.3 Å². The van der Waals surface area contributed by atoms with Crippen LogP contribution in [-0.2, 0) is 16.1 Å². The molecule has 1 aliphatic rings. The average molecular weight is 264 g/mol. The Hall–Kier alpha value is -1.59. The summed E-state index contributed by atoms with van der Waals surface area (Å²) >= 11 is 0. The van der Waals surface area contributed by atoms with Crippen LogP contribution in [-0.4, -0.2) is 50.8 Å². The molecule has 1 heterocycles. The van der Waals surface area contributed by atoms with E-state index in [0.717, 1.165) is 24.4 Å². The van der Waals surface area contributed by atoms with Gasteiger partial charge in [-0.2, -0.15) is 0 Å². The lowest BCUT2D eigenvalue weighted by Gasteiger charge is -2.25. The standard InChI is InChI=1S/C14H20N2O3/c1-18-13-5-3-2-4-12(13)10-15-14(17)11-16-6-8-19-9-7-16/h2-5H,6-11H2,1H3,(H,15,17). The molecule has 0 aliphatic carbocycles. The molecule has 0 unspecified atom stereocenters. The second-order valence-corrected chi connectivity index (χ2v) is 4.48. The maximum Gasteiger partial charge on any atom is 0.234 e. The van der Waals surface area contributed by atoms with Gasteiger partial charge < -0.3 is 14.8 Å². The van der Waals surface area contributed by atoms with E-state index in [1.165, 1.54) is 0 Å². The Morgan fingerprint density at radius 3 is 2.84 bits per heavy atom. The number of carbonyl (C=O) groups excluding carboxylic acids is 1. The number of hydrogen-bond acceptors (Lipinski definition) is 4. The number of amides is 1. The molecule has 0 bridgehead atoms. The molecule has 19 heavy (non-hydrogen) atoms. The first-order valence-corrected chi connectivity index (χ1v) is 6.48. The van der Waals surface area contributed by atoms with Gasteiger partial charge in [0.15, 0.2) is 0 Å². The molecule has 1 aromatic rings. The Morgan fingerprint density at radius 2 is 2.11 bits per heavy atom. The second kappa shape index (κ2) is 7.11. The molecule has 1 saturated heterocycles. The van der Waals surface area contributed by atoms with Crippen LogP contribution in [0, 0.1) is 0 Å². The molecule has 2 rings (SSSR count). The molecular formula is C14H20N2O3. The predicted molar refractivity (Wildman–Crippen MR) is 72.1 cm³/mol. The maximum absolute atomic E-state index is 11.8. The molecule has 1 amide bonds. The molecule has 0 aromatic heterocycles. The highest BCUT2D eigenvalue weighted by molar-refractivity contribution is 5.78. The summed E-state index contributed by atoms with van der Waals surface area (Å²) in [6, 6.07) is 7.70. The third-order valence-electron chi connectivity index (χ3n) is 3.14. The van der Waals surface area contributed by atoms with Crippen LogP contribution in [0.1, 0.15) is 5.56 Å². The van der Waals surface area contributed by atoms with Gasteiger partial charge in [-0.3, -0.25) is 9.69 Å². The minimum atomic E-state index is 0.0350. The molecule has 1 aromatic carbocycles. The third-order valence-corrected chi connectivity index (χ3v) is 3.14. The highest BCUT2D eigenvalue weighted by atomic mass is 16.5. The van der Waals surface area contributed by atoms with E-state index >= 15 is 0 Å². The van der Waals surface area contributed by atoms with Crippen LogP contribution in [0.2, 0.25) is 0 Å². The van der Waals surface area contributed by atoms with Gasteiger partial charge in [-0.1, -0.05) is 18.2 Å². The van der Waals surface area contributed by atoms with Gasteiger partial charge in [-0.15, -0.1) is 0 Å². The number of morpholine rings is 1. The number of ether oxygens (including phenoxy) is 2. The summed E-state index contributed by atoms with van der Waals surface area (Å²) in [5.74, 6) is 0.835. The second-order valence-electron chi connectivity index (χ2n) is 4.48. The highest BCUT2D eigenvalue weighted by Crippen LogP contribution is 2.16. The molecule has 5 heteroatoms. The van der Waals surface area contributed by atoms with E-state index < -0.39 is 0 Å². The molecule has 0 saturated carbocycles. The zero-order chi connectivity index (χ0) is 13.5. The average Bonchev–Trinajstić information content (AvgIpc) is 2.46. The van der Waals surface area contributed by atoms with E-state index in [4.69, 9.17) is 9.47 Å². The summed E-state index contributed by atoms with van der Waals surface area (Å²) in [5, 5.41) is 2.92.